The van der Waals surface area contributed by atoms with Crippen molar-refractivity contribution in [2.45, 2.75) is 31.7 Å². The molecule has 0 aliphatic carbocycles. The summed E-state index contributed by atoms with van der Waals surface area (Å²) in [4.78, 5) is 12.5. The van der Waals surface area contributed by atoms with Crippen molar-refractivity contribution in [1.29, 1.82) is 0 Å². The molecule has 0 spiro atoms. The minimum Gasteiger partial charge on any atom is -0.481 e. The molecule has 0 amide bonds. The Morgan fingerprint density at radius 1 is 1.30 bits per heavy atom. The van der Waals surface area contributed by atoms with Crippen molar-refractivity contribution in [1.82, 2.24) is 25.4 Å². The summed E-state index contributed by atoms with van der Waals surface area (Å²) in [6.45, 7) is 0.990. The molecule has 3 heterocycles. The molecule has 2 aromatic heterocycles. The summed E-state index contributed by atoms with van der Waals surface area (Å²) in [6.07, 6.45) is 6.06. The maximum absolute atomic E-state index is 5.36. The first-order chi connectivity index (χ1) is 9.86. The Bertz CT molecular complexity index is 563. The molecule has 0 saturated carbocycles. The molecule has 1 unspecified atom stereocenters. The van der Waals surface area contributed by atoms with Crippen LogP contribution in [0.3, 0.4) is 0 Å². The topological polar surface area (TPSA) is 86.0 Å². The maximum atomic E-state index is 5.36. The number of rotatable bonds is 3. The largest absolute Gasteiger partial charge is 0.481 e. The van der Waals surface area contributed by atoms with Crippen LogP contribution in [0.15, 0.2) is 16.9 Å². The number of aromatic nitrogens is 4. The summed E-state index contributed by atoms with van der Waals surface area (Å²) in [5, 5.41) is 7.43. The molecule has 20 heavy (non-hydrogen) atoms. The van der Waals surface area contributed by atoms with Crippen LogP contribution >= 0.6 is 0 Å². The third-order valence-corrected chi connectivity index (χ3v) is 3.38. The van der Waals surface area contributed by atoms with Crippen LogP contribution in [0.25, 0.3) is 11.5 Å². The predicted octanol–water partition coefficient (Wildman–Crippen LogP) is 1.74. The lowest BCUT2D eigenvalue weighted by Gasteiger charge is -2.09. The minimum absolute atomic E-state index is 0.141. The zero-order valence-corrected chi connectivity index (χ0v) is 11.4. The average Bonchev–Trinajstić information content (AvgIpc) is 2.83. The summed E-state index contributed by atoms with van der Waals surface area (Å²) >= 11 is 0. The van der Waals surface area contributed by atoms with Gasteiger partial charge in [0.1, 0.15) is 12.0 Å². The Morgan fingerprint density at radius 2 is 2.25 bits per heavy atom. The van der Waals surface area contributed by atoms with E-state index in [4.69, 9.17) is 9.26 Å². The standard InChI is InChI=1S/C13H17N5O2/c1-19-11-7-10(15-8-16-11)12-17-13(20-18-12)9-5-3-2-4-6-14-9/h7-9,14H,2-6H2,1H3. The highest BCUT2D eigenvalue weighted by Crippen LogP contribution is 2.24. The van der Waals surface area contributed by atoms with E-state index in [1.165, 1.54) is 25.6 Å². The molecule has 7 heteroatoms. The molecule has 2 aromatic rings. The number of methoxy groups -OCH3 is 1. The Kier molecular flexibility index (Phi) is 3.87. The maximum Gasteiger partial charge on any atom is 0.244 e. The highest BCUT2D eigenvalue weighted by Gasteiger charge is 2.21. The van der Waals surface area contributed by atoms with Gasteiger partial charge in [-0.1, -0.05) is 18.0 Å². The third kappa shape index (κ3) is 2.77. The molecule has 1 fully saturated rings. The highest BCUT2D eigenvalue weighted by molar-refractivity contribution is 5.49. The smallest absolute Gasteiger partial charge is 0.244 e. The molecular weight excluding hydrogens is 258 g/mol. The van der Waals surface area contributed by atoms with Crippen LogP contribution in [0.4, 0.5) is 0 Å². The van der Waals surface area contributed by atoms with Crippen molar-refractivity contribution in [2.24, 2.45) is 0 Å². The predicted molar refractivity (Wildman–Crippen MR) is 71.1 cm³/mol. The Balaban J connectivity index is 1.81. The second-order valence-corrected chi connectivity index (χ2v) is 4.76. The third-order valence-electron chi connectivity index (χ3n) is 3.38. The molecule has 3 rings (SSSR count). The quantitative estimate of drug-likeness (QED) is 0.913. The van der Waals surface area contributed by atoms with E-state index in [2.05, 4.69) is 25.4 Å². The average molecular weight is 275 g/mol. The molecule has 7 nitrogen and oxygen atoms in total. The van der Waals surface area contributed by atoms with Gasteiger partial charge in [-0.2, -0.15) is 4.98 Å². The summed E-state index contributed by atoms with van der Waals surface area (Å²) in [5.74, 6) is 1.57. The van der Waals surface area contributed by atoms with Crippen molar-refractivity contribution in [3.8, 4) is 17.4 Å². The normalized spacial score (nSPS) is 19.6. The first kappa shape index (κ1) is 13.0. The zero-order valence-electron chi connectivity index (χ0n) is 11.4. The van der Waals surface area contributed by atoms with Gasteiger partial charge in [-0.15, -0.1) is 0 Å². The fourth-order valence-electron chi connectivity index (χ4n) is 2.29. The number of hydrogen-bond donors (Lipinski definition) is 1. The zero-order chi connectivity index (χ0) is 13.8. The van der Waals surface area contributed by atoms with Gasteiger partial charge in [0.15, 0.2) is 0 Å². The lowest BCUT2D eigenvalue weighted by molar-refractivity contribution is 0.327. The van der Waals surface area contributed by atoms with Gasteiger partial charge < -0.3 is 14.6 Å². The van der Waals surface area contributed by atoms with Gasteiger partial charge >= 0.3 is 0 Å². The lowest BCUT2D eigenvalue weighted by atomic mass is 10.1. The molecule has 1 aliphatic rings. The molecule has 0 radical (unpaired) electrons. The van der Waals surface area contributed by atoms with Gasteiger partial charge in [0.05, 0.1) is 13.2 Å². The Morgan fingerprint density at radius 3 is 3.15 bits per heavy atom. The van der Waals surface area contributed by atoms with Gasteiger partial charge in [0, 0.05) is 6.07 Å². The number of nitrogens with zero attached hydrogens (tertiary/aromatic N) is 4. The van der Waals surface area contributed by atoms with E-state index in [0.717, 1.165) is 13.0 Å². The molecule has 1 aliphatic heterocycles. The molecule has 1 N–H and O–H groups in total. The summed E-state index contributed by atoms with van der Waals surface area (Å²) in [7, 11) is 1.56. The fraction of sp³-hybridized carbons (Fsp3) is 0.538. The van der Waals surface area contributed by atoms with Gasteiger partial charge in [-0.3, -0.25) is 0 Å². The molecule has 106 valence electrons. The van der Waals surface area contributed by atoms with E-state index in [1.807, 2.05) is 0 Å². The summed E-state index contributed by atoms with van der Waals surface area (Å²) in [5.41, 5.74) is 0.598. The van der Waals surface area contributed by atoms with Crippen LogP contribution in [0, 0.1) is 0 Å². The van der Waals surface area contributed by atoms with Gasteiger partial charge in [0.25, 0.3) is 0 Å². The second kappa shape index (κ2) is 5.96. The molecule has 1 saturated heterocycles. The fourth-order valence-corrected chi connectivity index (χ4v) is 2.29. The van der Waals surface area contributed by atoms with E-state index in [1.54, 1.807) is 13.2 Å². The number of hydrogen-bond acceptors (Lipinski definition) is 7. The van der Waals surface area contributed by atoms with Crippen LogP contribution < -0.4 is 10.1 Å². The van der Waals surface area contributed by atoms with Crippen molar-refractivity contribution in [3.05, 3.63) is 18.3 Å². The molecule has 0 bridgehead atoms. The minimum atomic E-state index is 0.141. The highest BCUT2D eigenvalue weighted by atomic mass is 16.5. The van der Waals surface area contributed by atoms with Gasteiger partial charge in [-0.25, -0.2) is 9.97 Å². The van der Waals surface area contributed by atoms with Crippen molar-refractivity contribution >= 4 is 0 Å². The number of ether oxygens (including phenoxy) is 1. The van der Waals surface area contributed by atoms with Gasteiger partial charge in [0.2, 0.25) is 17.6 Å². The second-order valence-electron chi connectivity index (χ2n) is 4.76. The van der Waals surface area contributed by atoms with Crippen molar-refractivity contribution < 1.29 is 9.26 Å². The Hall–Kier alpha value is -2.02. The van der Waals surface area contributed by atoms with Crippen molar-refractivity contribution in [3.63, 3.8) is 0 Å². The van der Waals surface area contributed by atoms with E-state index in [9.17, 15) is 0 Å². The van der Waals surface area contributed by atoms with Crippen LogP contribution in [0.5, 0.6) is 5.88 Å². The monoisotopic (exact) mass is 275 g/mol. The summed E-state index contributed by atoms with van der Waals surface area (Å²) < 4.78 is 10.4. The van der Waals surface area contributed by atoms with E-state index < -0.39 is 0 Å². The first-order valence-electron chi connectivity index (χ1n) is 6.80. The van der Waals surface area contributed by atoms with Crippen LogP contribution in [-0.4, -0.2) is 33.8 Å². The summed E-state index contributed by atoms with van der Waals surface area (Å²) in [6, 6.07) is 1.83. The molecule has 1 atom stereocenters. The van der Waals surface area contributed by atoms with E-state index in [-0.39, 0.29) is 6.04 Å². The van der Waals surface area contributed by atoms with Crippen LogP contribution in [0.2, 0.25) is 0 Å². The molecule has 0 aromatic carbocycles. The molecular formula is C13H17N5O2. The SMILES string of the molecule is COc1cc(-c2noc(C3CCCCCN3)n2)ncn1. The van der Waals surface area contributed by atoms with Gasteiger partial charge in [-0.05, 0) is 19.4 Å². The van der Waals surface area contributed by atoms with E-state index in [0.29, 0.717) is 23.3 Å². The van der Waals surface area contributed by atoms with Crippen molar-refractivity contribution in [2.75, 3.05) is 13.7 Å². The number of nitrogens with one attached hydrogen (secondary N) is 1. The Labute approximate surface area is 116 Å². The first-order valence-corrected chi connectivity index (χ1v) is 6.80. The van der Waals surface area contributed by atoms with Crippen LogP contribution in [-0.2, 0) is 0 Å². The lowest BCUT2D eigenvalue weighted by Crippen LogP contribution is -2.20. The van der Waals surface area contributed by atoms with E-state index >= 15 is 0 Å². The van der Waals surface area contributed by atoms with Crippen LogP contribution in [0.1, 0.15) is 37.6 Å².